The van der Waals surface area contributed by atoms with Crippen molar-refractivity contribution in [3.8, 4) is 12.3 Å². The number of hydrogen-bond acceptors (Lipinski definition) is 1. The van der Waals surface area contributed by atoms with Gasteiger partial charge in [0, 0.05) is 7.05 Å². The van der Waals surface area contributed by atoms with Crippen LogP contribution in [-0.2, 0) is 0 Å². The molecule has 1 heterocycles. The van der Waals surface area contributed by atoms with Gasteiger partial charge in [-0.25, -0.2) is 4.79 Å². The molecule has 0 bridgehead atoms. The van der Waals surface area contributed by atoms with Crippen molar-refractivity contribution in [3.05, 3.63) is 35.9 Å². The maximum Gasteiger partial charge on any atom is 0.321 e. The van der Waals surface area contributed by atoms with Crippen molar-refractivity contribution in [2.24, 2.45) is 0 Å². The average molecular weight is 228 g/mol. The van der Waals surface area contributed by atoms with Gasteiger partial charge in [-0.3, -0.25) is 0 Å². The molecule has 0 spiro atoms. The minimum Gasteiger partial charge on any atom is -0.323 e. The lowest BCUT2D eigenvalue weighted by Crippen LogP contribution is -2.31. The van der Waals surface area contributed by atoms with E-state index in [2.05, 4.69) is 5.92 Å². The third-order valence-corrected chi connectivity index (χ3v) is 3.35. The first-order chi connectivity index (χ1) is 8.16. The summed E-state index contributed by atoms with van der Waals surface area (Å²) in [5.41, 5.74) is 1.13. The zero-order chi connectivity index (χ0) is 12.4. The molecule has 2 amide bonds. The second-order valence-corrected chi connectivity index (χ2v) is 4.32. The first kappa shape index (κ1) is 11.5. The predicted molar refractivity (Wildman–Crippen MR) is 67.3 cm³/mol. The summed E-state index contributed by atoms with van der Waals surface area (Å²) >= 11 is 0. The van der Waals surface area contributed by atoms with Gasteiger partial charge in [-0.1, -0.05) is 36.3 Å². The van der Waals surface area contributed by atoms with Gasteiger partial charge in [-0.2, -0.15) is 0 Å². The highest BCUT2D eigenvalue weighted by atomic mass is 16.2. The summed E-state index contributed by atoms with van der Waals surface area (Å²) in [6.07, 6.45) is 5.34. The molecule has 0 aliphatic carbocycles. The van der Waals surface area contributed by atoms with Crippen LogP contribution in [0.1, 0.15) is 18.5 Å². The van der Waals surface area contributed by atoms with E-state index in [0.717, 1.165) is 5.56 Å². The Kier molecular flexibility index (Phi) is 3.06. The molecule has 17 heavy (non-hydrogen) atoms. The number of hydrogen-bond donors (Lipinski definition) is 0. The minimum absolute atomic E-state index is 0.00398. The van der Waals surface area contributed by atoms with E-state index >= 15 is 0 Å². The third-order valence-electron chi connectivity index (χ3n) is 3.35. The summed E-state index contributed by atoms with van der Waals surface area (Å²) in [4.78, 5) is 15.5. The molecule has 0 radical (unpaired) electrons. The normalized spacial score (nSPS) is 23.9. The van der Waals surface area contributed by atoms with Crippen molar-refractivity contribution < 1.29 is 4.79 Å². The number of likely N-dealkylation sites (N-methyl/N-ethyl adjacent to an activating group) is 1. The standard InChI is InChI=1S/C14H16N2O/c1-4-10-16-13(11(2)15(3)14(16)17)12-8-6-5-7-9-12/h1,5-9,11,13H,10H2,2-3H3/t11-,13-/m1/s1. The molecule has 0 unspecified atom stereocenters. The van der Waals surface area contributed by atoms with Crippen LogP contribution in [0.3, 0.4) is 0 Å². The number of benzene rings is 1. The van der Waals surface area contributed by atoms with Crippen molar-refractivity contribution in [2.45, 2.75) is 19.0 Å². The summed E-state index contributed by atoms with van der Waals surface area (Å²) in [5.74, 6) is 2.56. The molecule has 3 heteroatoms. The molecule has 1 aliphatic heterocycles. The van der Waals surface area contributed by atoms with Crippen molar-refractivity contribution >= 4 is 6.03 Å². The van der Waals surface area contributed by atoms with Crippen molar-refractivity contribution in [3.63, 3.8) is 0 Å². The molecule has 3 nitrogen and oxygen atoms in total. The zero-order valence-corrected chi connectivity index (χ0v) is 10.1. The topological polar surface area (TPSA) is 23.6 Å². The van der Waals surface area contributed by atoms with E-state index in [1.54, 1.807) is 9.80 Å². The minimum atomic E-state index is 0.00398. The first-order valence-electron chi connectivity index (χ1n) is 5.68. The van der Waals surface area contributed by atoms with E-state index in [0.29, 0.717) is 6.54 Å². The highest BCUT2D eigenvalue weighted by molar-refractivity contribution is 5.78. The van der Waals surface area contributed by atoms with Crippen LogP contribution in [0.15, 0.2) is 30.3 Å². The van der Waals surface area contributed by atoms with E-state index in [4.69, 9.17) is 6.42 Å². The third kappa shape index (κ3) is 1.87. The fourth-order valence-electron chi connectivity index (χ4n) is 2.34. The highest BCUT2D eigenvalue weighted by Gasteiger charge is 2.41. The quantitative estimate of drug-likeness (QED) is 0.711. The Morgan fingerprint density at radius 1 is 1.35 bits per heavy atom. The van der Waals surface area contributed by atoms with E-state index in [1.807, 2.05) is 44.3 Å². The molecule has 0 aromatic heterocycles. The number of rotatable bonds is 2. The van der Waals surface area contributed by atoms with E-state index < -0.39 is 0 Å². The summed E-state index contributed by atoms with van der Waals surface area (Å²) < 4.78 is 0. The van der Waals surface area contributed by atoms with Gasteiger partial charge in [0.05, 0.1) is 18.6 Å². The largest absolute Gasteiger partial charge is 0.323 e. The number of nitrogens with zero attached hydrogens (tertiary/aromatic N) is 2. The van der Waals surface area contributed by atoms with Crippen LogP contribution in [0, 0.1) is 12.3 Å². The van der Waals surface area contributed by atoms with Crippen LogP contribution in [-0.4, -0.2) is 35.5 Å². The van der Waals surface area contributed by atoms with Crippen LogP contribution in [0.4, 0.5) is 4.79 Å². The van der Waals surface area contributed by atoms with Gasteiger partial charge in [0.2, 0.25) is 0 Å². The van der Waals surface area contributed by atoms with Gasteiger partial charge >= 0.3 is 6.03 Å². The number of carbonyl (C=O) groups is 1. The molecular formula is C14H16N2O. The Morgan fingerprint density at radius 2 is 2.00 bits per heavy atom. The lowest BCUT2D eigenvalue weighted by Gasteiger charge is -2.23. The Labute approximate surface area is 102 Å². The maximum atomic E-state index is 12.0. The van der Waals surface area contributed by atoms with Gasteiger partial charge in [0.1, 0.15) is 0 Å². The van der Waals surface area contributed by atoms with Crippen molar-refractivity contribution in [1.82, 2.24) is 9.80 Å². The van der Waals surface area contributed by atoms with Gasteiger partial charge < -0.3 is 9.80 Å². The number of terminal acetylenes is 1. The smallest absolute Gasteiger partial charge is 0.321 e. The molecule has 0 N–H and O–H groups in total. The van der Waals surface area contributed by atoms with Gasteiger partial charge in [0.25, 0.3) is 0 Å². The fraction of sp³-hybridized carbons (Fsp3) is 0.357. The molecule has 1 aliphatic rings. The lowest BCUT2D eigenvalue weighted by molar-refractivity contribution is 0.196. The maximum absolute atomic E-state index is 12.0. The fourth-order valence-corrected chi connectivity index (χ4v) is 2.34. The summed E-state index contributed by atoms with van der Waals surface area (Å²) in [6, 6.07) is 10.2. The van der Waals surface area contributed by atoms with E-state index in [-0.39, 0.29) is 18.1 Å². The van der Waals surface area contributed by atoms with Crippen molar-refractivity contribution in [2.75, 3.05) is 13.6 Å². The number of urea groups is 1. The Bertz CT molecular complexity index is 449. The molecule has 88 valence electrons. The first-order valence-corrected chi connectivity index (χ1v) is 5.68. The van der Waals surface area contributed by atoms with Gasteiger partial charge in [-0.05, 0) is 12.5 Å². The predicted octanol–water partition coefficient (Wildman–Crippen LogP) is 2.12. The van der Waals surface area contributed by atoms with E-state index in [9.17, 15) is 4.79 Å². The molecule has 1 aromatic carbocycles. The van der Waals surface area contributed by atoms with Crippen LogP contribution in [0.25, 0.3) is 0 Å². The molecule has 2 rings (SSSR count). The number of carbonyl (C=O) groups excluding carboxylic acids is 1. The van der Waals surface area contributed by atoms with Crippen LogP contribution in [0.5, 0.6) is 0 Å². The summed E-state index contributed by atoms with van der Waals surface area (Å²) in [7, 11) is 1.82. The van der Waals surface area contributed by atoms with Crippen LogP contribution in [0.2, 0.25) is 0 Å². The van der Waals surface area contributed by atoms with Gasteiger partial charge in [-0.15, -0.1) is 6.42 Å². The van der Waals surface area contributed by atoms with Crippen LogP contribution >= 0.6 is 0 Å². The molecule has 1 saturated heterocycles. The van der Waals surface area contributed by atoms with Gasteiger partial charge in [0.15, 0.2) is 0 Å². The Balaban J connectivity index is 2.37. The average Bonchev–Trinajstić information content (AvgIpc) is 2.56. The summed E-state index contributed by atoms with van der Waals surface area (Å²) in [6.45, 7) is 2.40. The van der Waals surface area contributed by atoms with Crippen molar-refractivity contribution in [1.29, 1.82) is 0 Å². The second-order valence-electron chi connectivity index (χ2n) is 4.32. The Morgan fingerprint density at radius 3 is 2.59 bits per heavy atom. The zero-order valence-electron chi connectivity index (χ0n) is 10.1. The highest BCUT2D eigenvalue weighted by Crippen LogP contribution is 2.33. The number of amides is 2. The van der Waals surface area contributed by atoms with E-state index in [1.165, 1.54) is 0 Å². The summed E-state index contributed by atoms with van der Waals surface area (Å²) in [5, 5.41) is 0. The lowest BCUT2D eigenvalue weighted by atomic mass is 10.0. The molecule has 2 atom stereocenters. The Hall–Kier alpha value is -1.95. The SMILES string of the molecule is C#CCN1C(=O)N(C)[C@H](C)[C@@H]1c1ccccc1. The van der Waals surface area contributed by atoms with Crippen LogP contribution < -0.4 is 0 Å². The molecular weight excluding hydrogens is 212 g/mol. The molecule has 0 saturated carbocycles. The molecule has 1 fully saturated rings. The second kappa shape index (κ2) is 4.50. The molecule has 1 aromatic rings. The monoisotopic (exact) mass is 228 g/mol.